The molecule has 0 radical (unpaired) electrons. The molecule has 1 nitrogen and oxygen atoms in total. The lowest BCUT2D eigenvalue weighted by atomic mass is 9.44. The first-order chi connectivity index (χ1) is 8.59. The highest BCUT2D eigenvalue weighted by molar-refractivity contribution is 5.23. The lowest BCUT2D eigenvalue weighted by Gasteiger charge is -2.57. The molecule has 3 aliphatic rings. The Labute approximate surface area is 119 Å². The zero-order valence-corrected chi connectivity index (χ0v) is 14.0. The molecule has 0 amide bonds. The summed E-state index contributed by atoms with van der Waals surface area (Å²) >= 11 is 0. The van der Waals surface area contributed by atoms with Gasteiger partial charge in [-0.2, -0.15) is 0 Å². The van der Waals surface area contributed by atoms with Gasteiger partial charge >= 0.3 is 0 Å². The summed E-state index contributed by atoms with van der Waals surface area (Å²) in [6, 6.07) is 0. The van der Waals surface area contributed by atoms with E-state index in [0.29, 0.717) is 16.9 Å². The Morgan fingerprint density at radius 1 is 0.947 bits per heavy atom. The van der Waals surface area contributed by atoms with Crippen LogP contribution in [0.15, 0.2) is 0 Å². The van der Waals surface area contributed by atoms with Crippen molar-refractivity contribution in [1.82, 2.24) is 0 Å². The van der Waals surface area contributed by atoms with E-state index < -0.39 is 0 Å². The van der Waals surface area contributed by atoms with Gasteiger partial charge in [0.05, 0.1) is 11.7 Å². The van der Waals surface area contributed by atoms with E-state index in [1.807, 2.05) is 0 Å². The zero-order chi connectivity index (χ0) is 14.3. The monoisotopic (exact) mass is 264 g/mol. The molecule has 0 bridgehead atoms. The molecule has 0 aromatic carbocycles. The van der Waals surface area contributed by atoms with E-state index in [-0.39, 0.29) is 11.0 Å². The van der Waals surface area contributed by atoms with Gasteiger partial charge in [0.25, 0.3) is 0 Å². The highest BCUT2D eigenvalue weighted by atomic mass is 16.5. The van der Waals surface area contributed by atoms with Gasteiger partial charge in [0, 0.05) is 10.8 Å². The minimum Gasteiger partial charge on any atom is -0.371 e. The predicted octanol–water partition coefficient (Wildman–Crippen LogP) is 5.04. The Balaban J connectivity index is 2.22. The molecule has 1 spiro atoms. The fourth-order valence-electron chi connectivity index (χ4n) is 6.51. The molecule has 3 rings (SSSR count). The summed E-state index contributed by atoms with van der Waals surface area (Å²) in [7, 11) is 0. The van der Waals surface area contributed by atoms with Crippen LogP contribution in [-0.4, -0.2) is 11.7 Å². The maximum Gasteiger partial charge on any atom is 0.0687 e. The third kappa shape index (κ3) is 1.27. The van der Waals surface area contributed by atoms with E-state index in [1.165, 1.54) is 25.7 Å². The zero-order valence-electron chi connectivity index (χ0n) is 14.0. The molecule has 2 aliphatic carbocycles. The lowest BCUT2D eigenvalue weighted by molar-refractivity contribution is -0.102. The van der Waals surface area contributed by atoms with E-state index in [9.17, 15) is 0 Å². The van der Waals surface area contributed by atoms with Crippen LogP contribution in [-0.2, 0) is 4.74 Å². The second kappa shape index (κ2) is 3.59. The molecule has 0 N–H and O–H groups in total. The van der Waals surface area contributed by atoms with Crippen LogP contribution in [0.4, 0.5) is 0 Å². The molecular weight excluding hydrogens is 232 g/mol. The Morgan fingerprint density at radius 2 is 1.58 bits per heavy atom. The summed E-state index contributed by atoms with van der Waals surface area (Å²) in [5, 5.41) is 0. The van der Waals surface area contributed by atoms with E-state index in [2.05, 4.69) is 48.5 Å². The lowest BCUT2D eigenvalue weighted by Crippen LogP contribution is -2.57. The summed E-state index contributed by atoms with van der Waals surface area (Å²) in [6.07, 6.45) is 5.96. The van der Waals surface area contributed by atoms with Crippen LogP contribution < -0.4 is 0 Å². The summed E-state index contributed by atoms with van der Waals surface area (Å²) in [4.78, 5) is 0. The average molecular weight is 264 g/mol. The predicted molar refractivity (Wildman–Crippen MR) is 80.1 cm³/mol. The van der Waals surface area contributed by atoms with Crippen molar-refractivity contribution < 1.29 is 4.74 Å². The van der Waals surface area contributed by atoms with Gasteiger partial charge in [-0.1, -0.05) is 41.0 Å². The molecule has 2 saturated carbocycles. The molecule has 4 atom stereocenters. The molecule has 110 valence electrons. The van der Waals surface area contributed by atoms with Crippen molar-refractivity contribution in [2.75, 3.05) is 0 Å². The highest BCUT2D eigenvalue weighted by Gasteiger charge is 2.76. The van der Waals surface area contributed by atoms with Gasteiger partial charge in [0.15, 0.2) is 0 Å². The molecule has 4 unspecified atom stereocenters. The second-order valence-electron chi connectivity index (χ2n) is 9.10. The van der Waals surface area contributed by atoms with Crippen molar-refractivity contribution >= 4 is 0 Å². The molecule has 1 heteroatoms. The van der Waals surface area contributed by atoms with Crippen LogP contribution in [0.25, 0.3) is 0 Å². The second-order valence-corrected chi connectivity index (χ2v) is 9.10. The van der Waals surface area contributed by atoms with E-state index in [1.54, 1.807) is 0 Å². The normalized spacial score (nSPS) is 49.7. The molecule has 19 heavy (non-hydrogen) atoms. The Kier molecular flexibility index (Phi) is 2.63. The van der Waals surface area contributed by atoms with Gasteiger partial charge in [-0.3, -0.25) is 0 Å². The molecule has 0 aromatic rings. The Hall–Kier alpha value is -0.0400. The Morgan fingerprint density at radius 3 is 2.21 bits per heavy atom. The molecule has 1 aliphatic heterocycles. The number of rotatable bonds is 0. The molecule has 1 saturated heterocycles. The fraction of sp³-hybridized carbons (Fsp3) is 1.00. The standard InChI is InChI=1S/C18H32O/c1-12-11-13-9-8-10-14-18(13,15(12,2)3)16(4,5)17(6,7)19-14/h12-14H,8-11H2,1-7H3. The summed E-state index contributed by atoms with van der Waals surface area (Å²) in [6.45, 7) is 17.2. The van der Waals surface area contributed by atoms with Gasteiger partial charge in [0.2, 0.25) is 0 Å². The minimum absolute atomic E-state index is 0.00157. The smallest absolute Gasteiger partial charge is 0.0687 e. The van der Waals surface area contributed by atoms with Crippen molar-refractivity contribution in [3.05, 3.63) is 0 Å². The molecule has 1 heterocycles. The van der Waals surface area contributed by atoms with Crippen molar-refractivity contribution in [1.29, 1.82) is 0 Å². The van der Waals surface area contributed by atoms with Crippen molar-refractivity contribution in [2.45, 2.75) is 85.9 Å². The van der Waals surface area contributed by atoms with Crippen LogP contribution in [0.2, 0.25) is 0 Å². The molecular formula is C18H32O. The van der Waals surface area contributed by atoms with Crippen LogP contribution in [0.3, 0.4) is 0 Å². The molecule has 3 fully saturated rings. The first-order valence-electron chi connectivity index (χ1n) is 8.27. The first kappa shape index (κ1) is 13.9. The van der Waals surface area contributed by atoms with Gasteiger partial charge in [-0.25, -0.2) is 0 Å². The van der Waals surface area contributed by atoms with E-state index in [4.69, 9.17) is 4.74 Å². The van der Waals surface area contributed by atoms with E-state index >= 15 is 0 Å². The third-order valence-electron chi connectivity index (χ3n) is 8.08. The number of hydrogen-bond acceptors (Lipinski definition) is 1. The summed E-state index contributed by atoms with van der Waals surface area (Å²) < 4.78 is 6.66. The van der Waals surface area contributed by atoms with Crippen LogP contribution >= 0.6 is 0 Å². The van der Waals surface area contributed by atoms with Crippen molar-refractivity contribution in [3.8, 4) is 0 Å². The van der Waals surface area contributed by atoms with Gasteiger partial charge in [0.1, 0.15) is 0 Å². The van der Waals surface area contributed by atoms with Gasteiger partial charge in [-0.15, -0.1) is 0 Å². The maximum absolute atomic E-state index is 6.66. The van der Waals surface area contributed by atoms with Gasteiger partial charge < -0.3 is 4.74 Å². The van der Waals surface area contributed by atoms with E-state index in [0.717, 1.165) is 11.8 Å². The quantitative estimate of drug-likeness (QED) is 0.595. The third-order valence-corrected chi connectivity index (χ3v) is 8.08. The maximum atomic E-state index is 6.66. The largest absolute Gasteiger partial charge is 0.371 e. The topological polar surface area (TPSA) is 9.23 Å². The summed E-state index contributed by atoms with van der Waals surface area (Å²) in [5.74, 6) is 1.68. The summed E-state index contributed by atoms with van der Waals surface area (Å²) in [5.41, 5.74) is 1.02. The Bertz CT molecular complexity index is 392. The average Bonchev–Trinajstić information content (AvgIpc) is 2.57. The minimum atomic E-state index is 0.00157. The first-order valence-corrected chi connectivity index (χ1v) is 8.27. The number of hydrogen-bond donors (Lipinski definition) is 0. The van der Waals surface area contributed by atoms with Crippen molar-refractivity contribution in [2.24, 2.45) is 28.1 Å². The fourth-order valence-corrected chi connectivity index (χ4v) is 6.51. The highest BCUT2D eigenvalue weighted by Crippen LogP contribution is 2.77. The van der Waals surface area contributed by atoms with Gasteiger partial charge in [-0.05, 0) is 50.4 Å². The van der Waals surface area contributed by atoms with Crippen LogP contribution in [0.1, 0.15) is 74.1 Å². The van der Waals surface area contributed by atoms with Crippen LogP contribution in [0.5, 0.6) is 0 Å². The molecule has 0 aromatic heterocycles. The van der Waals surface area contributed by atoms with Crippen LogP contribution in [0, 0.1) is 28.1 Å². The van der Waals surface area contributed by atoms with Crippen molar-refractivity contribution in [3.63, 3.8) is 0 Å². The SMILES string of the molecule is CC1CC2CCCC3OC(C)(C)C(C)(C)C23C1(C)C. The number of ether oxygens (including phenoxy) is 1.